The minimum atomic E-state index is -0.912. The molecule has 2 N–H and O–H groups in total. The van der Waals surface area contributed by atoms with E-state index in [-0.39, 0.29) is 0 Å². The van der Waals surface area contributed by atoms with Crippen molar-refractivity contribution in [1.29, 1.82) is 0 Å². The average Bonchev–Trinajstić information content (AvgIpc) is 3.33. The van der Waals surface area contributed by atoms with Gasteiger partial charge >= 0.3 is 11.8 Å². The van der Waals surface area contributed by atoms with Gasteiger partial charge in [-0.2, -0.15) is 10.2 Å². The minimum Gasteiger partial charge on any atom is -0.497 e. The van der Waals surface area contributed by atoms with Gasteiger partial charge in [-0.3, -0.25) is 9.59 Å². The van der Waals surface area contributed by atoms with Gasteiger partial charge in [-0.15, -0.1) is 0 Å². The molecule has 0 atom stereocenters. The largest absolute Gasteiger partial charge is 0.497 e. The summed E-state index contributed by atoms with van der Waals surface area (Å²) in [6.07, 6.45) is 3.24. The van der Waals surface area contributed by atoms with Crippen molar-refractivity contribution in [3.63, 3.8) is 0 Å². The number of nitrogens with zero attached hydrogens (tertiary/aromatic N) is 3. The van der Waals surface area contributed by atoms with Crippen LogP contribution in [0, 0.1) is 0 Å². The highest BCUT2D eigenvalue weighted by molar-refractivity contribution is 6.39. The van der Waals surface area contributed by atoms with Crippen molar-refractivity contribution in [1.82, 2.24) is 15.2 Å². The number of carbonyl (C=O) groups is 2. The Balaban J connectivity index is 1.52. The molecule has 0 saturated heterocycles. The zero-order valence-corrected chi connectivity index (χ0v) is 19.1. The number of amides is 2. The second-order valence-electron chi connectivity index (χ2n) is 7.33. The van der Waals surface area contributed by atoms with Gasteiger partial charge in [0.2, 0.25) is 0 Å². The van der Waals surface area contributed by atoms with E-state index in [2.05, 4.69) is 15.8 Å². The second kappa shape index (κ2) is 10.8. The topological polar surface area (TPSA) is 107 Å². The lowest BCUT2D eigenvalue weighted by molar-refractivity contribution is -0.136. The third-order valence-corrected chi connectivity index (χ3v) is 5.03. The molecular weight excluding hydrogens is 446 g/mol. The predicted octanol–water partition coefficient (Wildman–Crippen LogP) is 3.65. The Morgan fingerprint density at radius 2 is 1.63 bits per heavy atom. The van der Waals surface area contributed by atoms with E-state index < -0.39 is 11.8 Å². The standard InChI is InChI=1S/C26H23N5O4/c1-34-22-13-11-18(12-14-22)24-19(17-31(30-24)21-8-4-3-5-9-21)16-27-29-26(33)25(32)28-20-7-6-10-23(15-20)35-2/h3-17H,1-2H3,(H,28,32)(H,29,33)/b27-16-. The molecule has 35 heavy (non-hydrogen) atoms. The summed E-state index contributed by atoms with van der Waals surface area (Å²) in [5.74, 6) is -0.486. The highest BCUT2D eigenvalue weighted by atomic mass is 16.5. The Hall–Kier alpha value is -4.92. The molecule has 176 valence electrons. The van der Waals surface area contributed by atoms with Gasteiger partial charge < -0.3 is 14.8 Å². The van der Waals surface area contributed by atoms with Crippen molar-refractivity contribution in [2.24, 2.45) is 5.10 Å². The molecule has 0 spiro atoms. The first-order chi connectivity index (χ1) is 17.1. The Kier molecular flexibility index (Phi) is 7.17. The third-order valence-electron chi connectivity index (χ3n) is 5.03. The molecule has 9 heteroatoms. The summed E-state index contributed by atoms with van der Waals surface area (Å²) in [5, 5.41) is 11.2. The smallest absolute Gasteiger partial charge is 0.329 e. The van der Waals surface area contributed by atoms with Crippen molar-refractivity contribution in [3.05, 3.63) is 90.6 Å². The summed E-state index contributed by atoms with van der Waals surface area (Å²) in [6, 6.07) is 23.7. The molecule has 0 unspecified atom stereocenters. The molecule has 0 saturated carbocycles. The van der Waals surface area contributed by atoms with E-state index in [9.17, 15) is 9.59 Å². The fourth-order valence-electron chi connectivity index (χ4n) is 3.27. The molecule has 0 bridgehead atoms. The lowest BCUT2D eigenvalue weighted by Gasteiger charge is -2.05. The van der Waals surface area contributed by atoms with Crippen LogP contribution in [0.5, 0.6) is 11.5 Å². The van der Waals surface area contributed by atoms with Gasteiger partial charge in [-0.1, -0.05) is 24.3 Å². The quantitative estimate of drug-likeness (QED) is 0.244. The van der Waals surface area contributed by atoms with Crippen LogP contribution in [-0.2, 0) is 9.59 Å². The number of rotatable bonds is 7. The van der Waals surface area contributed by atoms with Gasteiger partial charge in [-0.05, 0) is 48.5 Å². The van der Waals surface area contributed by atoms with Crippen LogP contribution in [0.1, 0.15) is 5.56 Å². The average molecular weight is 470 g/mol. The SMILES string of the molecule is COc1ccc(-c2nn(-c3ccccc3)cc2/C=N\NC(=O)C(=O)Nc2cccc(OC)c2)cc1. The lowest BCUT2D eigenvalue weighted by atomic mass is 10.1. The number of para-hydroxylation sites is 1. The van der Waals surface area contributed by atoms with Gasteiger partial charge in [0.1, 0.15) is 17.2 Å². The molecule has 4 aromatic rings. The number of hydrogen-bond acceptors (Lipinski definition) is 6. The number of hydrogen-bond donors (Lipinski definition) is 2. The van der Waals surface area contributed by atoms with E-state index in [0.29, 0.717) is 22.7 Å². The first-order valence-corrected chi connectivity index (χ1v) is 10.7. The molecule has 0 aliphatic rings. The van der Waals surface area contributed by atoms with Crippen molar-refractivity contribution in [2.75, 3.05) is 19.5 Å². The number of aromatic nitrogens is 2. The van der Waals surface area contributed by atoms with Gasteiger partial charge in [0.05, 0.1) is 26.1 Å². The molecule has 0 aliphatic heterocycles. The van der Waals surface area contributed by atoms with Gasteiger partial charge in [0.25, 0.3) is 0 Å². The van der Waals surface area contributed by atoms with Crippen molar-refractivity contribution < 1.29 is 19.1 Å². The summed E-state index contributed by atoms with van der Waals surface area (Å²) in [4.78, 5) is 24.5. The lowest BCUT2D eigenvalue weighted by Crippen LogP contribution is -2.32. The van der Waals surface area contributed by atoms with E-state index in [0.717, 1.165) is 17.0 Å². The number of methoxy groups -OCH3 is 2. The zero-order valence-electron chi connectivity index (χ0n) is 19.1. The summed E-state index contributed by atoms with van der Waals surface area (Å²) in [7, 11) is 3.12. The number of benzene rings is 3. The third kappa shape index (κ3) is 5.72. The van der Waals surface area contributed by atoms with Crippen LogP contribution >= 0.6 is 0 Å². The van der Waals surface area contributed by atoms with Crippen molar-refractivity contribution in [3.8, 4) is 28.4 Å². The molecule has 2 amide bonds. The number of nitrogens with one attached hydrogen (secondary N) is 2. The first kappa shape index (κ1) is 23.2. The van der Waals surface area contributed by atoms with Gasteiger partial charge in [0.15, 0.2) is 0 Å². The van der Waals surface area contributed by atoms with Crippen LogP contribution in [0.2, 0.25) is 0 Å². The van der Waals surface area contributed by atoms with E-state index in [1.165, 1.54) is 13.3 Å². The van der Waals surface area contributed by atoms with E-state index in [1.54, 1.807) is 42.3 Å². The summed E-state index contributed by atoms with van der Waals surface area (Å²) >= 11 is 0. The Morgan fingerprint density at radius 3 is 2.34 bits per heavy atom. The van der Waals surface area contributed by atoms with Gasteiger partial charge in [0, 0.05) is 29.1 Å². The maximum Gasteiger partial charge on any atom is 0.329 e. The fourth-order valence-corrected chi connectivity index (χ4v) is 3.27. The highest BCUT2D eigenvalue weighted by Crippen LogP contribution is 2.25. The van der Waals surface area contributed by atoms with E-state index in [4.69, 9.17) is 14.6 Å². The Morgan fingerprint density at radius 1 is 0.886 bits per heavy atom. The van der Waals surface area contributed by atoms with Crippen LogP contribution in [0.4, 0.5) is 5.69 Å². The zero-order chi connectivity index (χ0) is 24.6. The van der Waals surface area contributed by atoms with Crippen molar-refractivity contribution >= 4 is 23.7 Å². The molecule has 1 aromatic heterocycles. The highest BCUT2D eigenvalue weighted by Gasteiger charge is 2.15. The number of ether oxygens (including phenoxy) is 2. The van der Waals surface area contributed by atoms with Crippen LogP contribution in [-0.4, -0.2) is 42.0 Å². The second-order valence-corrected chi connectivity index (χ2v) is 7.33. The minimum absolute atomic E-state index is 0.430. The van der Waals surface area contributed by atoms with E-state index >= 15 is 0 Å². The Bertz CT molecular complexity index is 1350. The number of hydrazone groups is 1. The maximum atomic E-state index is 12.2. The number of carbonyl (C=O) groups excluding carboxylic acids is 2. The van der Waals surface area contributed by atoms with Crippen molar-refractivity contribution in [2.45, 2.75) is 0 Å². The normalized spacial score (nSPS) is 10.7. The summed E-state index contributed by atoms with van der Waals surface area (Å²) in [6.45, 7) is 0. The van der Waals surface area contributed by atoms with Crippen LogP contribution in [0.15, 0.2) is 90.2 Å². The molecule has 0 aliphatic carbocycles. The molecule has 0 fully saturated rings. The molecule has 3 aromatic carbocycles. The molecule has 4 rings (SSSR count). The molecular formula is C26H23N5O4. The molecule has 9 nitrogen and oxygen atoms in total. The molecule has 0 radical (unpaired) electrons. The van der Waals surface area contributed by atoms with Crippen LogP contribution in [0.25, 0.3) is 16.9 Å². The molecule has 1 heterocycles. The monoisotopic (exact) mass is 469 g/mol. The fraction of sp³-hybridized carbons (Fsp3) is 0.0769. The van der Waals surface area contributed by atoms with Gasteiger partial charge in [-0.25, -0.2) is 10.1 Å². The van der Waals surface area contributed by atoms with Crippen LogP contribution < -0.4 is 20.2 Å². The predicted molar refractivity (Wildman–Crippen MR) is 133 cm³/mol. The number of anilines is 1. The first-order valence-electron chi connectivity index (χ1n) is 10.7. The van der Waals surface area contributed by atoms with Crippen LogP contribution in [0.3, 0.4) is 0 Å². The summed E-state index contributed by atoms with van der Waals surface area (Å²) < 4.78 is 12.1. The Labute approximate surface area is 202 Å². The maximum absolute atomic E-state index is 12.2. The van der Waals surface area contributed by atoms with E-state index in [1.807, 2.05) is 54.6 Å². The summed E-state index contributed by atoms with van der Waals surface area (Å²) in [5.41, 5.74) is 5.68.